The number of halogens is 3. The molecule has 1 saturated heterocycles. The van der Waals surface area contributed by atoms with Crippen molar-refractivity contribution in [1.82, 2.24) is 20.3 Å². The lowest BCUT2D eigenvalue weighted by Crippen LogP contribution is -2.62. The zero-order valence-corrected chi connectivity index (χ0v) is 31.2. The molecule has 1 aliphatic heterocycles. The highest BCUT2D eigenvalue weighted by Gasteiger charge is 2.45. The molecule has 0 saturated carbocycles. The summed E-state index contributed by atoms with van der Waals surface area (Å²) >= 11 is 0. The second-order valence-corrected chi connectivity index (χ2v) is 20.2. The number of rotatable bonds is 8. The number of aromatic nitrogens is 3. The van der Waals surface area contributed by atoms with E-state index in [1.165, 1.54) is 24.4 Å². The highest BCUT2D eigenvalue weighted by Crippen LogP contribution is 2.40. The minimum Gasteiger partial charge on any atom is -0.444 e. The van der Waals surface area contributed by atoms with Gasteiger partial charge >= 0.3 is 6.09 Å². The van der Waals surface area contributed by atoms with Gasteiger partial charge in [-0.2, -0.15) is 0 Å². The van der Waals surface area contributed by atoms with Crippen molar-refractivity contribution in [2.75, 3.05) is 23.3 Å². The number of alkyl carbamates (subject to hydrolysis) is 1. The highest BCUT2D eigenvalue weighted by molar-refractivity contribution is 6.74. The summed E-state index contributed by atoms with van der Waals surface area (Å²) in [5, 5.41) is 6.48. The predicted molar refractivity (Wildman–Crippen MR) is 193 cm³/mol. The van der Waals surface area contributed by atoms with Crippen molar-refractivity contribution in [1.29, 1.82) is 0 Å². The fraction of sp³-hybridized carbons (Fsp3) is 0.459. The number of hydrogen-bond acceptors (Lipinski definition) is 8. The molecule has 268 valence electrons. The molecule has 0 unspecified atom stereocenters. The Kier molecular flexibility index (Phi) is 10.5. The lowest BCUT2D eigenvalue weighted by Gasteiger charge is -2.48. The van der Waals surface area contributed by atoms with Crippen molar-refractivity contribution in [3.63, 3.8) is 0 Å². The summed E-state index contributed by atoms with van der Waals surface area (Å²) in [5.41, 5.74) is 0.343. The van der Waals surface area contributed by atoms with Gasteiger partial charge in [0.2, 0.25) is 0 Å². The van der Waals surface area contributed by atoms with Crippen LogP contribution in [0.2, 0.25) is 18.1 Å². The van der Waals surface area contributed by atoms with E-state index >= 15 is 13.2 Å². The fourth-order valence-electron chi connectivity index (χ4n) is 5.87. The molecule has 5 rings (SSSR count). The molecule has 50 heavy (non-hydrogen) atoms. The molecule has 0 aliphatic carbocycles. The van der Waals surface area contributed by atoms with Crippen molar-refractivity contribution < 1.29 is 27.1 Å². The van der Waals surface area contributed by atoms with Gasteiger partial charge < -0.3 is 24.7 Å². The van der Waals surface area contributed by atoms with Crippen LogP contribution in [0.4, 0.5) is 29.3 Å². The quantitative estimate of drug-likeness (QED) is 0.176. The zero-order chi connectivity index (χ0) is 36.6. The van der Waals surface area contributed by atoms with Gasteiger partial charge in [-0.1, -0.05) is 27.7 Å². The van der Waals surface area contributed by atoms with Crippen LogP contribution in [0.15, 0.2) is 55.0 Å². The van der Waals surface area contributed by atoms with Crippen LogP contribution in [-0.4, -0.2) is 60.2 Å². The number of pyridine rings is 3. The zero-order valence-electron chi connectivity index (χ0n) is 30.2. The van der Waals surface area contributed by atoms with Crippen molar-refractivity contribution in [2.45, 2.75) is 90.9 Å². The maximum atomic E-state index is 15.5. The van der Waals surface area contributed by atoms with E-state index in [2.05, 4.69) is 71.3 Å². The Bertz CT molecular complexity index is 1860. The van der Waals surface area contributed by atoms with Gasteiger partial charge in [0.1, 0.15) is 28.7 Å². The predicted octanol–water partition coefficient (Wildman–Crippen LogP) is 8.46. The van der Waals surface area contributed by atoms with E-state index in [-0.39, 0.29) is 40.5 Å². The van der Waals surface area contributed by atoms with Gasteiger partial charge in [0.05, 0.1) is 53.0 Å². The van der Waals surface area contributed by atoms with Gasteiger partial charge in [-0.3, -0.25) is 9.97 Å². The Morgan fingerprint density at radius 1 is 1.02 bits per heavy atom. The van der Waals surface area contributed by atoms with Crippen LogP contribution in [0.3, 0.4) is 0 Å². The minimum absolute atomic E-state index is 0.0280. The number of piperidine rings is 1. The SMILES string of the molecule is C[C@H]1CN(c2ccncc2NCc2ccc(F)c(-c3c(F)cc4ncccc4c3F)n2)C[C@@H](NC(=O)OC(C)(C)C)[C@@H]1O[Si](C)(C)C(C)(C)C. The lowest BCUT2D eigenvalue weighted by atomic mass is 9.92. The third-order valence-electron chi connectivity index (χ3n) is 9.36. The third kappa shape index (κ3) is 8.21. The molecule has 4 aromatic rings. The molecule has 9 nitrogen and oxygen atoms in total. The molecule has 3 atom stereocenters. The van der Waals surface area contributed by atoms with Crippen LogP contribution >= 0.6 is 0 Å². The molecule has 1 amide bonds. The first-order valence-corrected chi connectivity index (χ1v) is 19.7. The van der Waals surface area contributed by atoms with Gasteiger partial charge in [0.25, 0.3) is 0 Å². The Balaban J connectivity index is 1.40. The summed E-state index contributed by atoms with van der Waals surface area (Å²) in [7, 11) is -2.21. The average Bonchev–Trinajstić information content (AvgIpc) is 3.01. The maximum Gasteiger partial charge on any atom is 0.408 e. The summed E-state index contributed by atoms with van der Waals surface area (Å²) in [6, 6.07) is 8.19. The smallest absolute Gasteiger partial charge is 0.408 e. The van der Waals surface area contributed by atoms with E-state index < -0.39 is 48.7 Å². The topological polar surface area (TPSA) is 102 Å². The summed E-state index contributed by atoms with van der Waals surface area (Å²) in [6.07, 6.45) is 4.04. The van der Waals surface area contributed by atoms with Crippen LogP contribution in [0, 0.1) is 23.4 Å². The number of benzene rings is 1. The van der Waals surface area contributed by atoms with E-state index in [1.54, 1.807) is 12.4 Å². The number of amides is 1. The Morgan fingerprint density at radius 2 is 1.76 bits per heavy atom. The molecule has 1 aromatic carbocycles. The van der Waals surface area contributed by atoms with E-state index in [9.17, 15) is 4.79 Å². The molecule has 4 heterocycles. The van der Waals surface area contributed by atoms with Gasteiger partial charge in [-0.05, 0) is 69.2 Å². The van der Waals surface area contributed by atoms with Crippen molar-refractivity contribution in [2.24, 2.45) is 5.92 Å². The monoisotopic (exact) mass is 708 g/mol. The van der Waals surface area contributed by atoms with E-state index in [0.29, 0.717) is 24.5 Å². The van der Waals surface area contributed by atoms with Crippen LogP contribution < -0.4 is 15.5 Å². The average molecular weight is 709 g/mol. The Hall–Kier alpha value is -4.23. The third-order valence-corrected chi connectivity index (χ3v) is 13.8. The van der Waals surface area contributed by atoms with E-state index in [4.69, 9.17) is 9.16 Å². The van der Waals surface area contributed by atoms with Gasteiger partial charge in [-0.25, -0.2) is 22.9 Å². The number of hydrogen-bond donors (Lipinski definition) is 2. The number of carbonyl (C=O) groups excluding carboxylic acids is 1. The van der Waals surface area contributed by atoms with E-state index in [1.807, 2.05) is 26.8 Å². The van der Waals surface area contributed by atoms with E-state index in [0.717, 1.165) is 17.8 Å². The standard InChI is InChI=1S/C37H47F3N6O3Si/c1-22-20-46(21-29(45-35(47)48-36(2,3)4)34(22)49-50(8,9)37(5,6)7)30-14-16-41-19-28(30)43-18-23-12-13-25(38)33(44-23)31-26(39)17-27-24(32(31)40)11-10-15-42-27/h10-17,19,22,29,34,43H,18,20-21H2,1-9H3,(H,45,47)/t22-,29+,34+/m0/s1. The molecular formula is C37H47F3N6O3Si. The number of carbonyl (C=O) groups is 1. The molecule has 0 spiro atoms. The summed E-state index contributed by atoms with van der Waals surface area (Å²) in [5.74, 6) is -2.70. The van der Waals surface area contributed by atoms with Crippen molar-refractivity contribution in [3.05, 3.63) is 78.1 Å². The van der Waals surface area contributed by atoms with Crippen LogP contribution in [0.5, 0.6) is 0 Å². The second kappa shape index (κ2) is 14.2. The molecule has 1 fully saturated rings. The first kappa shape index (κ1) is 37.0. The normalized spacial score (nSPS) is 18.6. The van der Waals surface area contributed by atoms with Crippen LogP contribution in [-0.2, 0) is 15.7 Å². The highest BCUT2D eigenvalue weighted by atomic mass is 28.4. The van der Waals surface area contributed by atoms with Crippen LogP contribution in [0.1, 0.15) is 54.2 Å². The molecular weight excluding hydrogens is 662 g/mol. The van der Waals surface area contributed by atoms with Crippen LogP contribution in [0.25, 0.3) is 22.2 Å². The van der Waals surface area contributed by atoms with Crippen molar-refractivity contribution >= 4 is 36.7 Å². The molecule has 1 aliphatic rings. The molecule has 2 N–H and O–H groups in total. The van der Waals surface area contributed by atoms with Gasteiger partial charge in [0.15, 0.2) is 8.32 Å². The Labute approximate surface area is 293 Å². The lowest BCUT2D eigenvalue weighted by molar-refractivity contribution is 0.0336. The number of ether oxygens (including phenoxy) is 1. The van der Waals surface area contributed by atoms with Gasteiger partial charge in [-0.15, -0.1) is 0 Å². The number of fused-ring (bicyclic) bond motifs is 1. The van der Waals surface area contributed by atoms with Gasteiger partial charge in [0, 0.05) is 42.9 Å². The first-order chi connectivity index (χ1) is 23.3. The Morgan fingerprint density at radius 3 is 2.46 bits per heavy atom. The molecule has 0 radical (unpaired) electrons. The maximum absolute atomic E-state index is 15.5. The molecule has 13 heteroatoms. The number of nitrogens with zero attached hydrogens (tertiary/aromatic N) is 4. The largest absolute Gasteiger partial charge is 0.444 e. The molecule has 3 aromatic heterocycles. The summed E-state index contributed by atoms with van der Waals surface area (Å²) < 4.78 is 58.2. The van der Waals surface area contributed by atoms with Crippen molar-refractivity contribution in [3.8, 4) is 11.3 Å². The summed E-state index contributed by atoms with van der Waals surface area (Å²) in [4.78, 5) is 27.9. The minimum atomic E-state index is -2.21. The fourth-order valence-corrected chi connectivity index (χ4v) is 7.30. The number of nitrogens with one attached hydrogen (secondary N) is 2. The summed E-state index contributed by atoms with van der Waals surface area (Å²) in [6.45, 7) is 19.8. The molecule has 0 bridgehead atoms. The first-order valence-electron chi connectivity index (χ1n) is 16.8. The number of anilines is 2. The second-order valence-electron chi connectivity index (χ2n) is 15.5.